The molecule has 2 aromatic carbocycles. The summed E-state index contributed by atoms with van der Waals surface area (Å²) in [5.74, 6) is -0.957. The van der Waals surface area contributed by atoms with E-state index in [0.29, 0.717) is 11.3 Å². The van der Waals surface area contributed by atoms with Crippen LogP contribution in [0.15, 0.2) is 55.1 Å². The van der Waals surface area contributed by atoms with Crippen LogP contribution in [0.1, 0.15) is 0 Å². The Morgan fingerprint density at radius 3 is 2.33 bits per heavy atom. The normalized spacial score (nSPS) is 9.76. The maximum absolute atomic E-state index is 13.7. The summed E-state index contributed by atoms with van der Waals surface area (Å²) in [7, 11) is 0. The number of ether oxygens (including phenoxy) is 2. The molecular weight excluding hydrogens is 275 g/mol. The first kappa shape index (κ1) is 14.5. The van der Waals surface area contributed by atoms with Crippen molar-refractivity contribution >= 4 is 12.4 Å². The Balaban J connectivity index is 2.22. The number of hydrogen-bond acceptors (Lipinski definition) is 4. The molecule has 5 heteroatoms. The van der Waals surface area contributed by atoms with Gasteiger partial charge in [-0.3, -0.25) is 4.79 Å². The Morgan fingerprint density at radius 2 is 1.76 bits per heavy atom. The molecule has 0 bridgehead atoms. The summed E-state index contributed by atoms with van der Waals surface area (Å²) in [6.45, 7) is 3.47. The van der Waals surface area contributed by atoms with E-state index < -0.39 is 11.8 Å². The van der Waals surface area contributed by atoms with Crippen molar-refractivity contribution in [2.45, 2.75) is 0 Å². The van der Waals surface area contributed by atoms with Gasteiger partial charge < -0.3 is 9.47 Å². The fourth-order valence-electron chi connectivity index (χ4n) is 1.70. The molecule has 0 aliphatic heterocycles. The maximum atomic E-state index is 13.7. The van der Waals surface area contributed by atoms with Crippen molar-refractivity contribution in [3.63, 3.8) is 0 Å². The number of benzene rings is 2. The Hall–Kier alpha value is -2.95. The van der Waals surface area contributed by atoms with Crippen LogP contribution in [-0.2, 0) is 9.59 Å². The first-order valence-corrected chi connectivity index (χ1v) is 5.98. The quantitative estimate of drug-likeness (QED) is 0.367. The van der Waals surface area contributed by atoms with Crippen LogP contribution in [0, 0.1) is 5.82 Å². The molecule has 0 saturated heterocycles. The van der Waals surface area contributed by atoms with E-state index in [4.69, 9.17) is 4.74 Å². The molecule has 4 nitrogen and oxygen atoms in total. The zero-order valence-electron chi connectivity index (χ0n) is 10.9. The van der Waals surface area contributed by atoms with Gasteiger partial charge in [-0.25, -0.2) is 9.18 Å². The number of carbonyl (C=O) groups excluding carboxylic acids is 2. The van der Waals surface area contributed by atoms with Gasteiger partial charge in [-0.1, -0.05) is 24.8 Å². The zero-order chi connectivity index (χ0) is 15.2. The lowest BCUT2D eigenvalue weighted by atomic mass is 10.1. The molecule has 0 N–H and O–H groups in total. The van der Waals surface area contributed by atoms with E-state index in [0.717, 1.165) is 11.6 Å². The van der Waals surface area contributed by atoms with Crippen molar-refractivity contribution in [3.8, 4) is 22.6 Å². The Kier molecular flexibility index (Phi) is 4.46. The van der Waals surface area contributed by atoms with E-state index in [-0.39, 0.29) is 12.2 Å². The van der Waals surface area contributed by atoms with Gasteiger partial charge in [0.25, 0.3) is 6.47 Å². The molecule has 21 heavy (non-hydrogen) atoms. The van der Waals surface area contributed by atoms with Gasteiger partial charge >= 0.3 is 5.97 Å². The summed E-state index contributed by atoms with van der Waals surface area (Å²) in [4.78, 5) is 21.2. The van der Waals surface area contributed by atoms with Crippen LogP contribution in [0.5, 0.6) is 11.5 Å². The van der Waals surface area contributed by atoms with E-state index in [1.54, 1.807) is 30.3 Å². The zero-order valence-corrected chi connectivity index (χ0v) is 10.9. The van der Waals surface area contributed by atoms with Crippen molar-refractivity contribution in [2.24, 2.45) is 0 Å². The second-order valence-electron chi connectivity index (χ2n) is 4.01. The lowest BCUT2D eigenvalue weighted by molar-refractivity contribution is -0.129. The van der Waals surface area contributed by atoms with Gasteiger partial charge in [0.2, 0.25) is 0 Å². The van der Waals surface area contributed by atoms with Gasteiger partial charge in [-0.2, -0.15) is 0 Å². The third-order valence-electron chi connectivity index (χ3n) is 2.68. The van der Waals surface area contributed by atoms with Gasteiger partial charge in [-0.15, -0.1) is 0 Å². The number of esters is 1. The van der Waals surface area contributed by atoms with Crippen molar-refractivity contribution < 1.29 is 23.5 Å². The van der Waals surface area contributed by atoms with Crippen LogP contribution < -0.4 is 9.47 Å². The van der Waals surface area contributed by atoms with Crippen LogP contribution in [0.25, 0.3) is 11.1 Å². The summed E-state index contributed by atoms with van der Waals surface area (Å²) in [5.41, 5.74) is 1.33. The number of halogens is 1. The van der Waals surface area contributed by atoms with Gasteiger partial charge in [0.05, 0.1) is 0 Å². The first-order valence-electron chi connectivity index (χ1n) is 5.98. The SMILES string of the molecule is C=CC(=O)Oc1ccc(-c2ccc(OC=O)c(F)c2)cc1. The largest absolute Gasteiger partial charge is 0.426 e. The van der Waals surface area contributed by atoms with Gasteiger partial charge in [0, 0.05) is 6.08 Å². The van der Waals surface area contributed by atoms with Crippen molar-refractivity contribution in [1.29, 1.82) is 0 Å². The molecule has 0 radical (unpaired) electrons. The highest BCUT2D eigenvalue weighted by molar-refractivity contribution is 5.83. The predicted octanol–water partition coefficient (Wildman–Crippen LogP) is 3.12. The lowest BCUT2D eigenvalue weighted by Crippen LogP contribution is -2.02. The minimum absolute atomic E-state index is 0.134. The monoisotopic (exact) mass is 286 g/mol. The maximum Gasteiger partial charge on any atom is 0.335 e. The number of rotatable bonds is 5. The summed E-state index contributed by atoms with van der Waals surface area (Å²) in [5, 5.41) is 0. The molecule has 0 aliphatic carbocycles. The summed E-state index contributed by atoms with van der Waals surface area (Å²) >= 11 is 0. The highest BCUT2D eigenvalue weighted by atomic mass is 19.1. The van der Waals surface area contributed by atoms with Crippen LogP contribution in [0.4, 0.5) is 4.39 Å². The van der Waals surface area contributed by atoms with Gasteiger partial charge in [0.15, 0.2) is 11.6 Å². The average molecular weight is 286 g/mol. The molecule has 0 spiro atoms. The van der Waals surface area contributed by atoms with Crippen LogP contribution in [-0.4, -0.2) is 12.4 Å². The van der Waals surface area contributed by atoms with E-state index in [9.17, 15) is 14.0 Å². The second kappa shape index (κ2) is 6.47. The molecule has 106 valence electrons. The summed E-state index contributed by atoms with van der Waals surface area (Å²) in [6, 6.07) is 10.8. The molecule has 0 aromatic heterocycles. The number of hydrogen-bond donors (Lipinski definition) is 0. The smallest absolute Gasteiger partial charge is 0.335 e. The second-order valence-corrected chi connectivity index (χ2v) is 4.01. The molecular formula is C16H11FO4. The Labute approximate surface area is 120 Å². The summed E-state index contributed by atoms with van der Waals surface area (Å²) < 4.78 is 23.1. The fraction of sp³-hybridized carbons (Fsp3) is 0. The number of carbonyl (C=O) groups is 2. The van der Waals surface area contributed by atoms with Crippen molar-refractivity contribution in [1.82, 2.24) is 0 Å². The average Bonchev–Trinajstić information content (AvgIpc) is 2.50. The molecule has 2 rings (SSSR count). The van der Waals surface area contributed by atoms with E-state index in [2.05, 4.69) is 11.3 Å². The first-order chi connectivity index (χ1) is 10.1. The highest BCUT2D eigenvalue weighted by Crippen LogP contribution is 2.27. The minimum atomic E-state index is -0.637. The Bertz CT molecular complexity index is 677. The molecule has 0 unspecified atom stereocenters. The van der Waals surface area contributed by atoms with E-state index in [1.807, 2.05) is 0 Å². The molecule has 0 heterocycles. The predicted molar refractivity (Wildman–Crippen MR) is 74.4 cm³/mol. The molecule has 0 saturated carbocycles. The molecule has 0 aliphatic rings. The molecule has 0 amide bonds. The molecule has 2 aromatic rings. The molecule has 0 fully saturated rings. The fourth-order valence-corrected chi connectivity index (χ4v) is 1.70. The van der Waals surface area contributed by atoms with Crippen LogP contribution in [0.3, 0.4) is 0 Å². The minimum Gasteiger partial charge on any atom is -0.426 e. The lowest BCUT2D eigenvalue weighted by Gasteiger charge is -2.06. The topological polar surface area (TPSA) is 52.6 Å². The van der Waals surface area contributed by atoms with Crippen molar-refractivity contribution in [2.75, 3.05) is 0 Å². The molecule has 0 atom stereocenters. The van der Waals surface area contributed by atoms with E-state index >= 15 is 0 Å². The van der Waals surface area contributed by atoms with Gasteiger partial charge in [-0.05, 0) is 35.4 Å². The highest BCUT2D eigenvalue weighted by Gasteiger charge is 2.07. The van der Waals surface area contributed by atoms with E-state index in [1.165, 1.54) is 12.1 Å². The summed E-state index contributed by atoms with van der Waals surface area (Å²) in [6.07, 6.45) is 1.06. The van der Waals surface area contributed by atoms with Crippen molar-refractivity contribution in [3.05, 3.63) is 60.9 Å². The standard InChI is InChI=1S/C16H11FO4/c1-2-16(19)21-13-6-3-11(4-7-13)12-5-8-15(20-10-18)14(17)9-12/h2-10H,1H2. The van der Waals surface area contributed by atoms with Crippen LogP contribution in [0.2, 0.25) is 0 Å². The van der Waals surface area contributed by atoms with Gasteiger partial charge in [0.1, 0.15) is 5.75 Å². The third-order valence-corrected chi connectivity index (χ3v) is 2.68. The third kappa shape index (κ3) is 3.54. The van der Waals surface area contributed by atoms with Crippen LogP contribution >= 0.6 is 0 Å². The Morgan fingerprint density at radius 1 is 1.10 bits per heavy atom.